The lowest BCUT2D eigenvalue weighted by molar-refractivity contribution is -0.127. The molecule has 1 aliphatic carbocycles. The lowest BCUT2D eigenvalue weighted by atomic mass is 9.94. The van der Waals surface area contributed by atoms with Crippen LogP contribution in [-0.4, -0.2) is 18.4 Å². The van der Waals surface area contributed by atoms with Crippen molar-refractivity contribution in [2.24, 2.45) is 5.92 Å². The summed E-state index contributed by atoms with van der Waals surface area (Å²) in [5.41, 5.74) is 4.08. The van der Waals surface area contributed by atoms with Gasteiger partial charge in [0.25, 0.3) is 0 Å². The second-order valence-electron chi connectivity index (χ2n) is 6.02. The molecule has 1 aliphatic rings. The molecule has 22 heavy (non-hydrogen) atoms. The monoisotopic (exact) mass is 300 g/mol. The van der Waals surface area contributed by atoms with Crippen LogP contribution >= 0.6 is 0 Å². The lowest BCUT2D eigenvalue weighted by Crippen LogP contribution is -2.37. The summed E-state index contributed by atoms with van der Waals surface area (Å²) in [5, 5.41) is 5.63. The first-order valence-corrected chi connectivity index (χ1v) is 7.78. The smallest absolute Gasteiger partial charge is 0.243 e. The molecule has 0 heterocycles. The van der Waals surface area contributed by atoms with Crippen molar-refractivity contribution in [1.29, 1.82) is 0 Å². The van der Waals surface area contributed by atoms with E-state index in [-0.39, 0.29) is 24.3 Å². The van der Waals surface area contributed by atoms with Gasteiger partial charge in [-0.3, -0.25) is 9.59 Å². The number of hydrogen-bond donors (Lipinski definition) is 2. The van der Waals surface area contributed by atoms with Gasteiger partial charge in [0.1, 0.15) is 0 Å². The fourth-order valence-corrected chi connectivity index (χ4v) is 2.90. The average molecular weight is 300 g/mol. The molecule has 0 bridgehead atoms. The van der Waals surface area contributed by atoms with Crippen LogP contribution in [0.1, 0.15) is 36.0 Å². The predicted octanol–water partition coefficient (Wildman–Crippen LogP) is 3.02. The van der Waals surface area contributed by atoms with E-state index in [9.17, 15) is 9.59 Å². The first kappa shape index (κ1) is 16.3. The largest absolute Gasteiger partial charge is 0.347 e. The van der Waals surface area contributed by atoms with Crippen molar-refractivity contribution < 1.29 is 9.59 Å². The van der Waals surface area contributed by atoms with Crippen LogP contribution in [0.3, 0.4) is 0 Å². The second-order valence-corrected chi connectivity index (χ2v) is 6.02. The third-order valence-electron chi connectivity index (χ3n) is 4.00. The third kappa shape index (κ3) is 4.20. The number of rotatable bonds is 4. The lowest BCUT2D eigenvalue weighted by Gasteiger charge is -2.17. The fraction of sp³-hybridized carbons (Fsp3) is 0.444. The number of benzene rings is 1. The number of anilines is 1. The Morgan fingerprint density at radius 1 is 1.14 bits per heavy atom. The zero-order chi connectivity index (χ0) is 16.1. The summed E-state index contributed by atoms with van der Waals surface area (Å²) in [7, 11) is 0. The Bertz CT molecular complexity index is 582. The van der Waals surface area contributed by atoms with Crippen LogP contribution in [0.25, 0.3) is 0 Å². The molecule has 4 heteroatoms. The van der Waals surface area contributed by atoms with E-state index in [1.807, 2.05) is 39.0 Å². The second kappa shape index (κ2) is 7.25. The zero-order valence-electron chi connectivity index (χ0n) is 13.5. The van der Waals surface area contributed by atoms with Gasteiger partial charge in [0.2, 0.25) is 11.8 Å². The molecule has 1 aromatic rings. The van der Waals surface area contributed by atoms with E-state index in [0.29, 0.717) is 0 Å². The van der Waals surface area contributed by atoms with E-state index in [4.69, 9.17) is 0 Å². The first-order valence-electron chi connectivity index (χ1n) is 7.78. The number of aryl methyl sites for hydroxylation is 3. The Labute approximate surface area is 132 Å². The molecule has 1 atom stereocenters. The Kier molecular flexibility index (Phi) is 5.36. The predicted molar refractivity (Wildman–Crippen MR) is 88.8 cm³/mol. The van der Waals surface area contributed by atoms with Crippen LogP contribution in [0.2, 0.25) is 0 Å². The van der Waals surface area contributed by atoms with E-state index in [1.54, 1.807) is 0 Å². The van der Waals surface area contributed by atoms with Crippen molar-refractivity contribution in [2.45, 2.75) is 40.0 Å². The van der Waals surface area contributed by atoms with Crippen LogP contribution in [0.15, 0.2) is 24.3 Å². The molecule has 0 saturated carbocycles. The van der Waals surface area contributed by atoms with Gasteiger partial charge < -0.3 is 10.6 Å². The SMILES string of the molecule is Cc1cc(C)c(NC(=O)CNC(=O)[C@@H]2CC=CCC2)c(C)c1. The fourth-order valence-electron chi connectivity index (χ4n) is 2.90. The van der Waals surface area contributed by atoms with E-state index in [0.717, 1.165) is 36.1 Å². The van der Waals surface area contributed by atoms with Crippen molar-refractivity contribution >= 4 is 17.5 Å². The minimum Gasteiger partial charge on any atom is -0.347 e. The molecule has 0 radical (unpaired) electrons. The van der Waals surface area contributed by atoms with Crippen molar-refractivity contribution in [3.63, 3.8) is 0 Å². The van der Waals surface area contributed by atoms with Crippen LogP contribution < -0.4 is 10.6 Å². The maximum absolute atomic E-state index is 12.0. The summed E-state index contributed by atoms with van der Waals surface area (Å²) in [4.78, 5) is 24.1. The van der Waals surface area contributed by atoms with Gasteiger partial charge in [0.05, 0.1) is 6.54 Å². The number of allylic oxidation sites excluding steroid dienone is 2. The van der Waals surface area contributed by atoms with Crippen molar-refractivity contribution in [2.75, 3.05) is 11.9 Å². The molecule has 0 aromatic heterocycles. The molecule has 4 nitrogen and oxygen atoms in total. The summed E-state index contributed by atoms with van der Waals surface area (Å²) in [5.74, 6) is -0.216. The van der Waals surface area contributed by atoms with Crippen LogP contribution in [0, 0.1) is 26.7 Å². The van der Waals surface area contributed by atoms with E-state index >= 15 is 0 Å². The van der Waals surface area contributed by atoms with Gasteiger partial charge >= 0.3 is 0 Å². The number of carbonyl (C=O) groups is 2. The highest BCUT2D eigenvalue weighted by Crippen LogP contribution is 2.22. The zero-order valence-corrected chi connectivity index (χ0v) is 13.5. The summed E-state index contributed by atoms with van der Waals surface area (Å²) >= 11 is 0. The molecule has 0 spiro atoms. The summed E-state index contributed by atoms with van der Waals surface area (Å²) < 4.78 is 0. The molecule has 2 N–H and O–H groups in total. The van der Waals surface area contributed by atoms with Gasteiger partial charge in [-0.25, -0.2) is 0 Å². The minimum absolute atomic E-state index is 0.000599. The molecule has 0 saturated heterocycles. The van der Waals surface area contributed by atoms with Gasteiger partial charge in [-0.05, 0) is 51.2 Å². The van der Waals surface area contributed by atoms with E-state index < -0.39 is 0 Å². The molecule has 2 amide bonds. The van der Waals surface area contributed by atoms with Gasteiger partial charge in [-0.15, -0.1) is 0 Å². The quantitative estimate of drug-likeness (QED) is 0.840. The van der Waals surface area contributed by atoms with Crippen LogP contribution in [-0.2, 0) is 9.59 Å². The first-order chi connectivity index (χ1) is 10.5. The van der Waals surface area contributed by atoms with Crippen LogP contribution in [0.5, 0.6) is 0 Å². The highest BCUT2D eigenvalue weighted by Gasteiger charge is 2.19. The van der Waals surface area contributed by atoms with Crippen molar-refractivity contribution in [3.8, 4) is 0 Å². The van der Waals surface area contributed by atoms with Gasteiger partial charge in [0, 0.05) is 11.6 Å². The summed E-state index contributed by atoms with van der Waals surface area (Å²) in [6, 6.07) is 4.07. The van der Waals surface area contributed by atoms with E-state index in [1.165, 1.54) is 5.56 Å². The van der Waals surface area contributed by atoms with Gasteiger partial charge in [0.15, 0.2) is 0 Å². The summed E-state index contributed by atoms with van der Waals surface area (Å²) in [6.45, 7) is 6.00. The van der Waals surface area contributed by atoms with Crippen molar-refractivity contribution in [3.05, 3.63) is 41.0 Å². The Hall–Kier alpha value is -2.10. The van der Waals surface area contributed by atoms with Crippen molar-refractivity contribution in [1.82, 2.24) is 5.32 Å². The maximum Gasteiger partial charge on any atom is 0.243 e. The normalized spacial score (nSPS) is 17.1. The highest BCUT2D eigenvalue weighted by atomic mass is 16.2. The molecule has 0 unspecified atom stereocenters. The molecule has 0 fully saturated rings. The minimum atomic E-state index is -0.185. The molecule has 0 aliphatic heterocycles. The van der Waals surface area contributed by atoms with Crippen LogP contribution in [0.4, 0.5) is 5.69 Å². The Morgan fingerprint density at radius 2 is 1.82 bits per heavy atom. The van der Waals surface area contributed by atoms with Gasteiger partial charge in [-0.1, -0.05) is 29.8 Å². The molecule has 118 valence electrons. The Morgan fingerprint density at radius 3 is 2.41 bits per heavy atom. The topological polar surface area (TPSA) is 58.2 Å². The van der Waals surface area contributed by atoms with E-state index in [2.05, 4.69) is 16.7 Å². The number of carbonyl (C=O) groups excluding carboxylic acids is 2. The molecular formula is C18H24N2O2. The molecular weight excluding hydrogens is 276 g/mol. The Balaban J connectivity index is 1.88. The maximum atomic E-state index is 12.0. The number of hydrogen-bond acceptors (Lipinski definition) is 2. The standard InChI is InChI=1S/C18H24N2O2/c1-12-9-13(2)17(14(3)10-12)20-16(21)11-19-18(22)15-7-5-4-6-8-15/h4-5,9-10,15H,6-8,11H2,1-3H3,(H,19,22)(H,20,21)/t15-/m1/s1. The summed E-state index contributed by atoms with van der Waals surface area (Å²) in [6.07, 6.45) is 6.70. The molecule has 1 aromatic carbocycles. The molecule has 2 rings (SSSR count). The number of nitrogens with one attached hydrogen (secondary N) is 2. The number of amides is 2. The van der Waals surface area contributed by atoms with Gasteiger partial charge in [-0.2, -0.15) is 0 Å². The average Bonchev–Trinajstić information content (AvgIpc) is 2.49. The third-order valence-corrected chi connectivity index (χ3v) is 4.00. The highest BCUT2D eigenvalue weighted by molar-refractivity contribution is 5.96.